The maximum absolute atomic E-state index is 4.29. The van der Waals surface area contributed by atoms with E-state index in [-0.39, 0.29) is 0 Å². The highest BCUT2D eigenvalue weighted by Crippen LogP contribution is 2.30. The van der Waals surface area contributed by atoms with E-state index in [9.17, 15) is 0 Å². The van der Waals surface area contributed by atoms with Crippen LogP contribution in [0.2, 0.25) is 0 Å². The van der Waals surface area contributed by atoms with Crippen LogP contribution in [-0.2, 0) is 0 Å². The second-order valence-electron chi connectivity index (χ2n) is 7.11. The summed E-state index contributed by atoms with van der Waals surface area (Å²) in [5.41, 5.74) is 3.08. The molecule has 0 radical (unpaired) electrons. The molecule has 0 saturated heterocycles. The van der Waals surface area contributed by atoms with Crippen LogP contribution in [0.3, 0.4) is 0 Å². The molecule has 1 rings (SSSR count). The van der Waals surface area contributed by atoms with Gasteiger partial charge in [0.15, 0.2) is 0 Å². The molecule has 19 heavy (non-hydrogen) atoms. The molecule has 0 aliphatic heterocycles. The van der Waals surface area contributed by atoms with Crippen molar-refractivity contribution in [3.05, 3.63) is 36.0 Å². The minimum atomic E-state index is 0.319. The van der Waals surface area contributed by atoms with Gasteiger partial charge in [-0.05, 0) is 24.2 Å². The number of hydrogen-bond acceptors (Lipinski definition) is 1. The van der Waals surface area contributed by atoms with Crippen molar-refractivity contribution in [3.63, 3.8) is 0 Å². The zero-order valence-corrected chi connectivity index (χ0v) is 13.6. The molecular formula is C18H31N. The number of nitrogens with one attached hydrogen (secondary N) is 1. The zero-order chi connectivity index (χ0) is 14.6. The molecule has 0 saturated carbocycles. The van der Waals surface area contributed by atoms with Gasteiger partial charge in [0, 0.05) is 12.1 Å². The number of rotatable bonds is 6. The third-order valence-electron chi connectivity index (χ3n) is 3.80. The van der Waals surface area contributed by atoms with E-state index in [0.717, 1.165) is 12.8 Å². The Balaban J connectivity index is 2.71. The largest absolute Gasteiger partial charge is 0.308 e. The lowest BCUT2D eigenvalue weighted by molar-refractivity contribution is 0.462. The van der Waals surface area contributed by atoms with Crippen LogP contribution in [0.4, 0.5) is 0 Å². The lowest BCUT2D eigenvalue weighted by Crippen LogP contribution is -2.37. The Bertz CT molecular complexity index is 369. The van der Waals surface area contributed by atoms with Crippen molar-refractivity contribution in [2.45, 2.75) is 66.5 Å². The summed E-state index contributed by atoms with van der Waals surface area (Å²) in [7, 11) is 0. The third-order valence-corrected chi connectivity index (χ3v) is 3.80. The van der Waals surface area contributed by atoms with E-state index in [2.05, 4.69) is 71.7 Å². The van der Waals surface area contributed by atoms with Crippen LogP contribution in [0, 0.1) is 11.3 Å². The van der Waals surface area contributed by atoms with Gasteiger partial charge in [-0.1, -0.05) is 77.5 Å². The minimum absolute atomic E-state index is 0.319. The molecule has 1 aliphatic rings. The molecule has 0 spiro atoms. The van der Waals surface area contributed by atoms with Crippen molar-refractivity contribution < 1.29 is 0 Å². The van der Waals surface area contributed by atoms with Gasteiger partial charge in [0.05, 0.1) is 0 Å². The van der Waals surface area contributed by atoms with Crippen LogP contribution in [0.1, 0.15) is 54.4 Å². The van der Waals surface area contributed by atoms with Crippen LogP contribution in [0.5, 0.6) is 0 Å². The summed E-state index contributed by atoms with van der Waals surface area (Å²) in [5, 5.41) is 3.65. The van der Waals surface area contributed by atoms with Crippen molar-refractivity contribution >= 4 is 0 Å². The van der Waals surface area contributed by atoms with Crippen molar-refractivity contribution in [1.82, 2.24) is 5.32 Å². The Morgan fingerprint density at radius 2 is 1.95 bits per heavy atom. The Hall–Kier alpha value is -0.820. The number of hydrogen-bond donors (Lipinski definition) is 1. The normalized spacial score (nSPS) is 19.7. The van der Waals surface area contributed by atoms with Crippen LogP contribution in [0.25, 0.3) is 0 Å². The summed E-state index contributed by atoms with van der Waals surface area (Å²) < 4.78 is 0. The van der Waals surface area contributed by atoms with Gasteiger partial charge in [0.1, 0.15) is 0 Å². The molecule has 0 heterocycles. The molecule has 1 N–H and O–H groups in total. The van der Waals surface area contributed by atoms with Gasteiger partial charge in [-0.15, -0.1) is 0 Å². The molecule has 0 fully saturated rings. The zero-order valence-electron chi connectivity index (χ0n) is 13.6. The van der Waals surface area contributed by atoms with Crippen molar-refractivity contribution in [1.29, 1.82) is 0 Å². The van der Waals surface area contributed by atoms with Gasteiger partial charge in [0.25, 0.3) is 0 Å². The fourth-order valence-corrected chi connectivity index (χ4v) is 2.35. The van der Waals surface area contributed by atoms with Crippen molar-refractivity contribution in [3.8, 4) is 0 Å². The summed E-state index contributed by atoms with van der Waals surface area (Å²) >= 11 is 0. The summed E-state index contributed by atoms with van der Waals surface area (Å²) in [4.78, 5) is 0. The van der Waals surface area contributed by atoms with Crippen LogP contribution < -0.4 is 5.32 Å². The second kappa shape index (κ2) is 6.56. The van der Waals surface area contributed by atoms with E-state index < -0.39 is 0 Å². The molecular weight excluding hydrogens is 230 g/mol. The first kappa shape index (κ1) is 16.2. The van der Waals surface area contributed by atoms with Crippen LogP contribution in [0.15, 0.2) is 36.0 Å². The highest BCUT2D eigenvalue weighted by molar-refractivity contribution is 5.28. The summed E-state index contributed by atoms with van der Waals surface area (Å²) in [6.45, 7) is 17.7. The molecule has 1 heteroatoms. The third kappa shape index (κ3) is 5.36. The van der Waals surface area contributed by atoms with Gasteiger partial charge in [-0.3, -0.25) is 0 Å². The Labute approximate surface area is 119 Å². The van der Waals surface area contributed by atoms with E-state index in [1.165, 1.54) is 11.1 Å². The Morgan fingerprint density at radius 1 is 1.32 bits per heavy atom. The van der Waals surface area contributed by atoms with Crippen LogP contribution in [-0.4, -0.2) is 12.1 Å². The second-order valence-corrected chi connectivity index (χ2v) is 7.11. The topological polar surface area (TPSA) is 12.0 Å². The number of allylic oxidation sites excluding steroid dienone is 3. The van der Waals surface area contributed by atoms with Gasteiger partial charge in [-0.25, -0.2) is 0 Å². The molecule has 0 bridgehead atoms. The molecule has 0 aromatic carbocycles. The maximum Gasteiger partial charge on any atom is 0.0321 e. The smallest absolute Gasteiger partial charge is 0.0321 e. The lowest BCUT2D eigenvalue weighted by Gasteiger charge is -2.28. The molecule has 0 aromatic rings. The fraction of sp³-hybridized carbons (Fsp3) is 0.667. The first-order chi connectivity index (χ1) is 8.71. The van der Waals surface area contributed by atoms with E-state index in [1.54, 1.807) is 0 Å². The Kier molecular flexibility index (Phi) is 5.61. The van der Waals surface area contributed by atoms with Crippen LogP contribution >= 0.6 is 0 Å². The van der Waals surface area contributed by atoms with E-state index >= 15 is 0 Å². The predicted octanol–water partition coefficient (Wildman–Crippen LogP) is 4.87. The first-order valence-corrected chi connectivity index (χ1v) is 7.54. The first-order valence-electron chi connectivity index (χ1n) is 7.54. The lowest BCUT2D eigenvalue weighted by atomic mass is 9.82. The highest BCUT2D eigenvalue weighted by atomic mass is 14.9. The molecule has 1 nitrogen and oxygen atoms in total. The monoisotopic (exact) mass is 261 g/mol. The fourth-order valence-electron chi connectivity index (χ4n) is 2.35. The average molecular weight is 261 g/mol. The summed E-state index contributed by atoms with van der Waals surface area (Å²) in [6, 6.07) is 0.877. The standard InChI is InChI=1S/C18H31N/c1-13(2)15(5)17(19-14(3)4)12-16-8-10-18(6,7)11-9-16/h8-10,13-14,17,19H,5,11-12H2,1-4,6-7H3. The van der Waals surface area contributed by atoms with Gasteiger partial charge < -0.3 is 5.32 Å². The van der Waals surface area contributed by atoms with E-state index in [4.69, 9.17) is 0 Å². The van der Waals surface area contributed by atoms with Gasteiger partial charge in [-0.2, -0.15) is 0 Å². The highest BCUT2D eigenvalue weighted by Gasteiger charge is 2.20. The van der Waals surface area contributed by atoms with E-state index in [0.29, 0.717) is 23.4 Å². The molecule has 1 aliphatic carbocycles. The predicted molar refractivity (Wildman–Crippen MR) is 86.3 cm³/mol. The maximum atomic E-state index is 4.29. The molecule has 1 atom stereocenters. The van der Waals surface area contributed by atoms with Gasteiger partial charge in [0.2, 0.25) is 0 Å². The summed E-state index contributed by atoms with van der Waals surface area (Å²) in [5.74, 6) is 0.529. The molecule has 1 unspecified atom stereocenters. The SMILES string of the molecule is C=C(C(C)C)C(CC1=CCC(C)(C)C=C1)NC(C)C. The minimum Gasteiger partial charge on any atom is -0.308 e. The average Bonchev–Trinajstić information content (AvgIpc) is 2.29. The Morgan fingerprint density at radius 3 is 2.37 bits per heavy atom. The molecule has 0 amide bonds. The van der Waals surface area contributed by atoms with E-state index in [1.807, 2.05) is 0 Å². The molecule has 0 aromatic heterocycles. The van der Waals surface area contributed by atoms with Crippen molar-refractivity contribution in [2.24, 2.45) is 11.3 Å². The molecule has 108 valence electrons. The van der Waals surface area contributed by atoms with Gasteiger partial charge >= 0.3 is 0 Å². The van der Waals surface area contributed by atoms with Crippen molar-refractivity contribution in [2.75, 3.05) is 0 Å². The quantitative estimate of drug-likeness (QED) is 0.673. The summed E-state index contributed by atoms with van der Waals surface area (Å²) in [6.07, 6.45) is 9.23.